The van der Waals surface area contributed by atoms with E-state index >= 15 is 0 Å². The number of halogens is 2. The Morgan fingerprint density at radius 1 is 1.09 bits per heavy atom. The van der Waals surface area contributed by atoms with Crippen LogP contribution in [0.2, 0.25) is 5.02 Å². The fourth-order valence-corrected chi connectivity index (χ4v) is 6.74. The number of amides is 2. The fourth-order valence-electron chi connectivity index (χ4n) is 4.82. The number of fused-ring (bicyclic) bond motifs is 2. The lowest BCUT2D eigenvalue weighted by atomic mass is 10.0. The minimum atomic E-state index is -1.19. The molecular formula is C27H24ClFN2O2S. The molecule has 1 saturated heterocycles. The van der Waals surface area contributed by atoms with E-state index in [4.69, 9.17) is 11.6 Å². The van der Waals surface area contributed by atoms with Gasteiger partial charge in [0.05, 0.1) is 12.2 Å². The van der Waals surface area contributed by atoms with E-state index in [0.29, 0.717) is 17.1 Å². The summed E-state index contributed by atoms with van der Waals surface area (Å²) in [5.74, 6) is -0.719. The van der Waals surface area contributed by atoms with Gasteiger partial charge in [-0.1, -0.05) is 47.5 Å². The topological polar surface area (TPSA) is 40.6 Å². The SMILES string of the molecule is Cc1ccc2c(c1)[C@]1(SC(C)(C)CN1C(=O)c1cccc(Cl)c1)C(=O)N2Cc1ccc(F)cc1. The lowest BCUT2D eigenvalue weighted by Crippen LogP contribution is -2.50. The van der Waals surface area contributed by atoms with Crippen LogP contribution >= 0.6 is 23.4 Å². The van der Waals surface area contributed by atoms with E-state index in [0.717, 1.165) is 22.4 Å². The van der Waals surface area contributed by atoms with Gasteiger partial charge < -0.3 is 9.80 Å². The van der Waals surface area contributed by atoms with Crippen molar-refractivity contribution in [3.8, 4) is 0 Å². The Labute approximate surface area is 207 Å². The summed E-state index contributed by atoms with van der Waals surface area (Å²) in [7, 11) is 0. The highest BCUT2D eigenvalue weighted by molar-refractivity contribution is 8.02. The van der Waals surface area contributed by atoms with Gasteiger partial charge in [0.15, 0.2) is 4.87 Å². The lowest BCUT2D eigenvalue weighted by molar-refractivity contribution is -0.123. The summed E-state index contributed by atoms with van der Waals surface area (Å²) in [6.07, 6.45) is 0. The normalized spacial score (nSPS) is 20.8. The first-order valence-electron chi connectivity index (χ1n) is 11.1. The average Bonchev–Trinajstić information content (AvgIpc) is 3.20. The summed E-state index contributed by atoms with van der Waals surface area (Å²) in [6.45, 7) is 6.78. The molecule has 7 heteroatoms. The van der Waals surface area contributed by atoms with Crippen LogP contribution in [0.3, 0.4) is 0 Å². The zero-order valence-corrected chi connectivity index (χ0v) is 20.7. The number of hydrogen-bond acceptors (Lipinski definition) is 3. The standard InChI is InChI=1S/C27H24ClFN2O2S/c1-17-7-12-23-22(13-17)27(25(33)30(23)15-18-8-10-21(29)11-9-18)31(16-26(2,3)34-27)24(32)19-5-4-6-20(28)14-19/h4-14H,15-16H2,1-3H3/t27-/m0/s1. The Bertz CT molecular complexity index is 1310. The maximum absolute atomic E-state index is 14.3. The van der Waals surface area contributed by atoms with Gasteiger partial charge in [-0.05, 0) is 62.7 Å². The van der Waals surface area contributed by atoms with Gasteiger partial charge in [0.2, 0.25) is 0 Å². The molecule has 0 aliphatic carbocycles. The highest BCUT2D eigenvalue weighted by Crippen LogP contribution is 2.60. The van der Waals surface area contributed by atoms with E-state index in [2.05, 4.69) is 13.8 Å². The van der Waals surface area contributed by atoms with E-state index in [1.54, 1.807) is 46.2 Å². The summed E-state index contributed by atoms with van der Waals surface area (Å²) < 4.78 is 13.1. The molecule has 5 rings (SSSR count). The number of hydrogen-bond donors (Lipinski definition) is 0. The average molecular weight is 495 g/mol. The molecule has 3 aromatic carbocycles. The van der Waals surface area contributed by atoms with Gasteiger partial charge >= 0.3 is 0 Å². The second-order valence-electron chi connectivity index (χ2n) is 9.45. The van der Waals surface area contributed by atoms with Crippen molar-refractivity contribution < 1.29 is 14.0 Å². The van der Waals surface area contributed by atoms with Crippen LogP contribution in [0.1, 0.15) is 40.9 Å². The Kier molecular flexibility index (Phi) is 5.49. The minimum absolute atomic E-state index is 0.164. The fraction of sp³-hybridized carbons (Fsp3) is 0.259. The maximum Gasteiger partial charge on any atom is 0.268 e. The van der Waals surface area contributed by atoms with Crippen molar-refractivity contribution in [1.82, 2.24) is 4.90 Å². The summed E-state index contributed by atoms with van der Waals surface area (Å²) in [6, 6.07) is 18.9. The van der Waals surface area contributed by atoms with E-state index < -0.39 is 4.87 Å². The maximum atomic E-state index is 14.3. The first-order chi connectivity index (χ1) is 16.1. The molecule has 1 atom stereocenters. The lowest BCUT2D eigenvalue weighted by Gasteiger charge is -2.33. The molecule has 2 heterocycles. The van der Waals surface area contributed by atoms with Crippen LogP contribution in [-0.4, -0.2) is 28.0 Å². The molecule has 1 spiro atoms. The van der Waals surface area contributed by atoms with E-state index in [-0.39, 0.29) is 28.9 Å². The van der Waals surface area contributed by atoms with Crippen molar-refractivity contribution in [2.24, 2.45) is 0 Å². The molecule has 2 amide bonds. The summed E-state index contributed by atoms with van der Waals surface area (Å²) in [5.41, 5.74) is 3.85. The monoisotopic (exact) mass is 494 g/mol. The Hall–Kier alpha value is -2.83. The third-order valence-electron chi connectivity index (χ3n) is 6.26. The largest absolute Gasteiger partial charge is 0.310 e. The third-order valence-corrected chi connectivity index (χ3v) is 8.08. The number of benzene rings is 3. The predicted octanol–water partition coefficient (Wildman–Crippen LogP) is 6.15. The van der Waals surface area contributed by atoms with Crippen LogP contribution in [0.4, 0.5) is 10.1 Å². The molecule has 0 aromatic heterocycles. The van der Waals surface area contributed by atoms with Gasteiger partial charge in [0.25, 0.3) is 11.8 Å². The van der Waals surface area contributed by atoms with Crippen molar-refractivity contribution in [2.75, 3.05) is 11.4 Å². The van der Waals surface area contributed by atoms with Crippen molar-refractivity contribution in [1.29, 1.82) is 0 Å². The zero-order valence-electron chi connectivity index (χ0n) is 19.1. The first-order valence-corrected chi connectivity index (χ1v) is 12.3. The van der Waals surface area contributed by atoms with Crippen LogP contribution in [0.15, 0.2) is 66.7 Å². The number of rotatable bonds is 3. The number of nitrogens with zero attached hydrogens (tertiary/aromatic N) is 2. The van der Waals surface area contributed by atoms with Gasteiger partial charge in [-0.15, -0.1) is 11.8 Å². The summed E-state index contributed by atoms with van der Waals surface area (Å²) >= 11 is 7.69. The predicted molar refractivity (Wildman–Crippen MR) is 135 cm³/mol. The number of thioether (sulfide) groups is 1. The molecule has 0 N–H and O–H groups in total. The smallest absolute Gasteiger partial charge is 0.268 e. The molecule has 0 radical (unpaired) electrons. The van der Waals surface area contributed by atoms with Crippen LogP contribution in [0.5, 0.6) is 0 Å². The molecule has 0 bridgehead atoms. The quantitative estimate of drug-likeness (QED) is 0.438. The van der Waals surface area contributed by atoms with E-state index in [1.165, 1.54) is 23.9 Å². The van der Waals surface area contributed by atoms with Gasteiger partial charge in [0.1, 0.15) is 5.82 Å². The van der Waals surface area contributed by atoms with E-state index in [9.17, 15) is 14.0 Å². The highest BCUT2D eigenvalue weighted by atomic mass is 35.5. The number of carbonyl (C=O) groups excluding carboxylic acids is 2. The van der Waals surface area contributed by atoms with Crippen molar-refractivity contribution >= 4 is 40.9 Å². The van der Waals surface area contributed by atoms with Crippen molar-refractivity contribution in [3.63, 3.8) is 0 Å². The first kappa shape index (κ1) is 22.9. The van der Waals surface area contributed by atoms with Gasteiger partial charge in [-0.3, -0.25) is 9.59 Å². The Balaban J connectivity index is 1.65. The van der Waals surface area contributed by atoms with E-state index in [1.807, 2.05) is 25.1 Å². The second-order valence-corrected chi connectivity index (χ2v) is 11.8. The van der Waals surface area contributed by atoms with Crippen LogP contribution < -0.4 is 4.90 Å². The molecular weight excluding hydrogens is 471 g/mol. The van der Waals surface area contributed by atoms with Crippen LogP contribution in [0.25, 0.3) is 0 Å². The van der Waals surface area contributed by atoms with Crippen molar-refractivity contribution in [3.05, 3.63) is 99.8 Å². The summed E-state index contributed by atoms with van der Waals surface area (Å²) in [5, 5.41) is 0.470. The third kappa shape index (κ3) is 3.69. The molecule has 0 unspecified atom stereocenters. The van der Waals surface area contributed by atoms with Gasteiger partial charge in [-0.2, -0.15) is 0 Å². The summed E-state index contributed by atoms with van der Waals surface area (Å²) in [4.78, 5) is 30.3. The molecule has 4 nitrogen and oxygen atoms in total. The number of anilines is 1. The second kappa shape index (κ2) is 8.14. The molecule has 2 aliphatic rings. The molecule has 0 saturated carbocycles. The van der Waals surface area contributed by atoms with Crippen molar-refractivity contribution in [2.45, 2.75) is 36.9 Å². The number of aryl methyl sites for hydroxylation is 1. The Morgan fingerprint density at radius 3 is 2.53 bits per heavy atom. The van der Waals surface area contributed by atoms with Gasteiger partial charge in [-0.25, -0.2) is 4.39 Å². The Morgan fingerprint density at radius 2 is 1.82 bits per heavy atom. The zero-order chi connectivity index (χ0) is 24.3. The molecule has 2 aliphatic heterocycles. The molecule has 34 heavy (non-hydrogen) atoms. The molecule has 1 fully saturated rings. The molecule has 174 valence electrons. The number of carbonyl (C=O) groups is 2. The van der Waals surface area contributed by atoms with Crippen LogP contribution in [0, 0.1) is 12.7 Å². The molecule has 3 aromatic rings. The highest BCUT2D eigenvalue weighted by Gasteiger charge is 2.63. The minimum Gasteiger partial charge on any atom is -0.310 e. The van der Waals surface area contributed by atoms with Gasteiger partial charge in [0, 0.05) is 27.4 Å². The van der Waals surface area contributed by atoms with Crippen LogP contribution in [-0.2, 0) is 16.2 Å².